The van der Waals surface area contributed by atoms with Gasteiger partial charge in [-0.15, -0.1) is 4.91 Å². The molecule has 0 saturated heterocycles. The second-order valence-corrected chi connectivity index (χ2v) is 3.22. The van der Waals surface area contributed by atoms with Gasteiger partial charge in [0.05, 0.1) is 5.69 Å². The fraction of sp³-hybridized carbons (Fsp3) is 0. The lowest BCUT2D eigenvalue weighted by atomic mass is 10.3. The number of rotatable bonds is 3. The van der Waals surface area contributed by atoms with Gasteiger partial charge in [0.2, 0.25) is 11.6 Å². The molecule has 7 heteroatoms. The average molecular weight is 232 g/mol. The van der Waals surface area contributed by atoms with Gasteiger partial charge in [-0.2, -0.15) is 9.78 Å². The third-order valence-electron chi connectivity index (χ3n) is 2.16. The Hall–Kier alpha value is -2.70. The highest BCUT2D eigenvalue weighted by Crippen LogP contribution is 2.32. The van der Waals surface area contributed by atoms with Crippen molar-refractivity contribution in [3.05, 3.63) is 40.9 Å². The number of para-hydroxylation sites is 1. The van der Waals surface area contributed by atoms with Crippen molar-refractivity contribution in [1.29, 1.82) is 0 Å². The Bertz CT molecular complexity index is 577. The number of nitrogens with two attached hydrogens (primary N) is 1. The van der Waals surface area contributed by atoms with Crippen molar-refractivity contribution in [2.45, 2.75) is 0 Å². The van der Waals surface area contributed by atoms with Crippen LogP contribution in [0.1, 0.15) is 10.5 Å². The lowest BCUT2D eigenvalue weighted by Gasteiger charge is -2.00. The largest absolute Gasteiger partial charge is 0.492 e. The van der Waals surface area contributed by atoms with Crippen molar-refractivity contribution in [2.24, 2.45) is 10.9 Å². The van der Waals surface area contributed by atoms with E-state index in [0.29, 0.717) is 5.69 Å². The van der Waals surface area contributed by atoms with E-state index in [9.17, 15) is 14.8 Å². The molecule has 0 fully saturated rings. The van der Waals surface area contributed by atoms with E-state index in [4.69, 9.17) is 5.73 Å². The minimum Gasteiger partial charge on any atom is -0.492 e. The van der Waals surface area contributed by atoms with Crippen molar-refractivity contribution in [3.8, 4) is 11.6 Å². The highest BCUT2D eigenvalue weighted by molar-refractivity contribution is 5.97. The molecule has 3 N–H and O–H groups in total. The third kappa shape index (κ3) is 1.73. The minimum absolute atomic E-state index is 0.360. The Morgan fingerprint density at radius 3 is 2.47 bits per heavy atom. The summed E-state index contributed by atoms with van der Waals surface area (Å²) < 4.78 is 1.02. The standard InChI is InChI=1S/C10H8N4O3/c11-9(15)7-8(13-17)10(16)14(12-7)6-4-2-1-3-5-6/h1-5,16H,(H2,11,15). The molecule has 0 radical (unpaired) electrons. The lowest BCUT2D eigenvalue weighted by Crippen LogP contribution is -2.12. The number of nitroso groups, excluding NO2 is 1. The van der Waals surface area contributed by atoms with E-state index >= 15 is 0 Å². The quantitative estimate of drug-likeness (QED) is 0.771. The summed E-state index contributed by atoms with van der Waals surface area (Å²) in [5, 5.41) is 16.0. The number of hydrogen-bond acceptors (Lipinski definition) is 5. The Morgan fingerprint density at radius 1 is 1.35 bits per heavy atom. The summed E-state index contributed by atoms with van der Waals surface area (Å²) in [6, 6.07) is 8.50. The molecule has 17 heavy (non-hydrogen) atoms. The van der Waals surface area contributed by atoms with Crippen molar-refractivity contribution < 1.29 is 9.90 Å². The predicted molar refractivity (Wildman–Crippen MR) is 59.2 cm³/mol. The molecule has 7 nitrogen and oxygen atoms in total. The summed E-state index contributed by atoms with van der Waals surface area (Å²) in [5.41, 5.74) is 4.70. The van der Waals surface area contributed by atoms with Crippen LogP contribution in [0.3, 0.4) is 0 Å². The summed E-state index contributed by atoms with van der Waals surface area (Å²) in [6.45, 7) is 0. The average Bonchev–Trinajstić information content (AvgIpc) is 2.67. The van der Waals surface area contributed by atoms with Gasteiger partial charge in [-0.1, -0.05) is 18.2 Å². The molecular formula is C10H8N4O3. The maximum Gasteiger partial charge on any atom is 0.271 e. The van der Waals surface area contributed by atoms with Crippen LogP contribution in [-0.2, 0) is 0 Å². The molecule has 0 aliphatic heterocycles. The van der Waals surface area contributed by atoms with Crippen LogP contribution in [0.15, 0.2) is 35.5 Å². The van der Waals surface area contributed by atoms with E-state index in [1.165, 1.54) is 0 Å². The molecule has 0 spiro atoms. The molecule has 0 aliphatic carbocycles. The van der Waals surface area contributed by atoms with Crippen LogP contribution < -0.4 is 5.73 Å². The molecule has 0 aliphatic rings. The molecule has 1 amide bonds. The van der Waals surface area contributed by atoms with Crippen molar-refractivity contribution in [1.82, 2.24) is 9.78 Å². The molecule has 0 unspecified atom stereocenters. The predicted octanol–water partition coefficient (Wildman–Crippen LogP) is 1.07. The Labute approximate surface area is 95.5 Å². The van der Waals surface area contributed by atoms with Gasteiger partial charge in [-0.3, -0.25) is 4.79 Å². The second kappa shape index (κ2) is 4.05. The molecule has 2 aromatic rings. The Morgan fingerprint density at radius 2 is 2.00 bits per heavy atom. The normalized spacial score (nSPS) is 10.1. The number of carbonyl (C=O) groups is 1. The topological polar surface area (TPSA) is 111 Å². The van der Waals surface area contributed by atoms with Gasteiger partial charge in [0, 0.05) is 0 Å². The SMILES string of the molecule is NC(=O)c1nn(-c2ccccc2)c(O)c1N=O. The molecule has 1 heterocycles. The second-order valence-electron chi connectivity index (χ2n) is 3.22. The van der Waals surface area contributed by atoms with Gasteiger partial charge in [-0.05, 0) is 17.3 Å². The number of aromatic nitrogens is 2. The first-order valence-electron chi connectivity index (χ1n) is 4.65. The van der Waals surface area contributed by atoms with Crippen molar-refractivity contribution >= 4 is 11.6 Å². The first-order chi connectivity index (χ1) is 8.15. The first kappa shape index (κ1) is 10.8. The maximum absolute atomic E-state index is 11.0. The summed E-state index contributed by atoms with van der Waals surface area (Å²) in [7, 11) is 0. The maximum atomic E-state index is 11.0. The summed E-state index contributed by atoms with van der Waals surface area (Å²) >= 11 is 0. The van der Waals surface area contributed by atoms with Gasteiger partial charge in [0.25, 0.3) is 5.91 Å². The number of hydrogen-bond donors (Lipinski definition) is 2. The first-order valence-corrected chi connectivity index (χ1v) is 4.65. The molecule has 1 aromatic carbocycles. The number of aromatic hydroxyl groups is 1. The zero-order valence-electron chi connectivity index (χ0n) is 8.57. The summed E-state index contributed by atoms with van der Waals surface area (Å²) in [5.74, 6) is -1.44. The van der Waals surface area contributed by atoms with Gasteiger partial charge >= 0.3 is 0 Å². The van der Waals surface area contributed by atoms with Crippen molar-refractivity contribution in [2.75, 3.05) is 0 Å². The molecule has 2 rings (SSSR count). The highest BCUT2D eigenvalue weighted by Gasteiger charge is 2.22. The fourth-order valence-electron chi connectivity index (χ4n) is 1.40. The van der Waals surface area contributed by atoms with E-state index in [2.05, 4.69) is 10.3 Å². The molecule has 0 saturated carbocycles. The molecular weight excluding hydrogens is 224 g/mol. The van der Waals surface area contributed by atoms with Crippen LogP contribution in [0, 0.1) is 4.91 Å². The van der Waals surface area contributed by atoms with E-state index in [1.807, 2.05) is 0 Å². The number of nitrogens with zero attached hydrogens (tertiary/aromatic N) is 3. The minimum atomic E-state index is -0.926. The van der Waals surface area contributed by atoms with Crippen LogP contribution >= 0.6 is 0 Å². The summed E-state index contributed by atoms with van der Waals surface area (Å²) in [4.78, 5) is 21.5. The van der Waals surface area contributed by atoms with Gasteiger partial charge < -0.3 is 10.8 Å². The van der Waals surface area contributed by atoms with Crippen LogP contribution in [0.2, 0.25) is 0 Å². The van der Waals surface area contributed by atoms with Gasteiger partial charge in [0.1, 0.15) is 0 Å². The van der Waals surface area contributed by atoms with Crippen LogP contribution in [-0.4, -0.2) is 20.8 Å². The number of amides is 1. The summed E-state index contributed by atoms with van der Waals surface area (Å²) in [6.07, 6.45) is 0. The van der Waals surface area contributed by atoms with Gasteiger partial charge in [0.15, 0.2) is 5.69 Å². The van der Waals surface area contributed by atoms with Crippen LogP contribution in [0.25, 0.3) is 5.69 Å². The third-order valence-corrected chi connectivity index (χ3v) is 2.16. The Kier molecular flexibility index (Phi) is 2.57. The fourth-order valence-corrected chi connectivity index (χ4v) is 1.40. The van der Waals surface area contributed by atoms with Crippen molar-refractivity contribution in [3.63, 3.8) is 0 Å². The highest BCUT2D eigenvalue weighted by atomic mass is 16.3. The monoisotopic (exact) mass is 232 g/mol. The van der Waals surface area contributed by atoms with Crippen LogP contribution in [0.4, 0.5) is 5.69 Å². The number of primary amides is 1. The van der Waals surface area contributed by atoms with E-state index in [1.54, 1.807) is 30.3 Å². The molecule has 1 aromatic heterocycles. The smallest absolute Gasteiger partial charge is 0.271 e. The molecule has 0 bridgehead atoms. The Balaban J connectivity index is 2.65. The zero-order valence-corrected chi connectivity index (χ0v) is 8.57. The molecule has 0 atom stereocenters. The molecule has 86 valence electrons. The number of carbonyl (C=O) groups excluding carboxylic acids is 1. The van der Waals surface area contributed by atoms with E-state index < -0.39 is 17.5 Å². The van der Waals surface area contributed by atoms with E-state index in [0.717, 1.165) is 4.68 Å². The number of benzene rings is 1. The lowest BCUT2D eigenvalue weighted by molar-refractivity contribution is 0.0996. The van der Waals surface area contributed by atoms with Crippen LogP contribution in [0.5, 0.6) is 5.88 Å². The van der Waals surface area contributed by atoms with E-state index in [-0.39, 0.29) is 5.69 Å². The van der Waals surface area contributed by atoms with Gasteiger partial charge in [-0.25, -0.2) is 0 Å². The zero-order chi connectivity index (χ0) is 12.4.